The Bertz CT molecular complexity index is 4190. The van der Waals surface area contributed by atoms with Gasteiger partial charge >= 0.3 is 5.51 Å². The minimum Gasteiger partial charge on any atom is -0.429 e. The summed E-state index contributed by atoms with van der Waals surface area (Å²) in [5, 5.41) is 0. The number of anilines is 4. The molecule has 8 aromatic carbocycles. The van der Waals surface area contributed by atoms with Crippen LogP contribution < -0.4 is 48.2 Å². The van der Waals surface area contributed by atoms with Crippen LogP contribution in [0.4, 0.5) is 35.9 Å². The van der Waals surface area contributed by atoms with Crippen LogP contribution in [0.1, 0.15) is 130 Å². The maximum absolute atomic E-state index is 11.4. The predicted octanol–water partition coefficient (Wildman–Crippen LogP) is 11.3. The van der Waals surface area contributed by atoms with Crippen molar-refractivity contribution < 1.29 is 68.9 Å². The number of halogens is 4. The molecule has 0 saturated heterocycles. The molecule has 0 aliphatic heterocycles. The van der Waals surface area contributed by atoms with Crippen molar-refractivity contribution in [3.8, 4) is 0 Å². The molecule has 0 radical (unpaired) electrons. The van der Waals surface area contributed by atoms with Crippen molar-refractivity contribution in [1.29, 1.82) is 0 Å². The van der Waals surface area contributed by atoms with Gasteiger partial charge in [0.1, 0.15) is 0 Å². The first kappa shape index (κ1) is 83.5. The molecule has 21 heteroatoms. The molecule has 0 unspecified atom stereocenters. The number of rotatable bonds is 24. The number of benzene rings is 8. The van der Waals surface area contributed by atoms with Gasteiger partial charge in [0, 0.05) is 105 Å². The molecule has 2 aliphatic rings. The van der Waals surface area contributed by atoms with Gasteiger partial charge in [0.25, 0.3) is 0 Å². The fraction of sp³-hybridized carbons (Fsp3) is 0.253. The van der Waals surface area contributed by atoms with E-state index in [1.54, 1.807) is 4.13 Å². The molecule has 8 aromatic rings. The number of allylic oxidation sites excluding steroid dienone is 6. The summed E-state index contributed by atoms with van der Waals surface area (Å²) in [6.07, 6.45) is 13.1. The molecule has 0 saturated carbocycles. The van der Waals surface area contributed by atoms with Crippen LogP contribution in [0.5, 0.6) is 0 Å². The number of nitrogens with one attached hydrogen (secondary N) is 2. The average molecular weight is 1480 g/mol. The third kappa shape index (κ3) is 23.0. The molecule has 10 rings (SSSR count). The Kier molecular flexibility index (Phi) is 31.2. The number of hydrogen-bond donors (Lipinski definition) is 2. The van der Waals surface area contributed by atoms with E-state index >= 15 is 0 Å². The molecular weight excluding hydrogens is 1380 g/mol. The van der Waals surface area contributed by atoms with Crippen molar-refractivity contribution in [2.45, 2.75) is 81.4 Å². The van der Waals surface area contributed by atoms with Gasteiger partial charge in [-0.1, -0.05) is 166 Å². The lowest BCUT2D eigenvalue weighted by molar-refractivity contribution is -2.00. The Morgan fingerprint density at radius 1 is 0.423 bits per heavy atom. The molecule has 0 heterocycles. The molecule has 2 aliphatic carbocycles. The van der Waals surface area contributed by atoms with E-state index in [9.17, 15) is 30.0 Å². The zero-order chi connectivity index (χ0) is 75.1. The van der Waals surface area contributed by atoms with Crippen molar-refractivity contribution in [2.24, 2.45) is 0 Å². The molecular formula is C83H95ClF3N7O8S2. The lowest BCUT2D eigenvalue weighted by Crippen LogP contribution is -2.71. The molecule has 0 atom stereocenters. The van der Waals surface area contributed by atoms with Crippen LogP contribution in [0.15, 0.2) is 232 Å². The fourth-order valence-corrected chi connectivity index (χ4v) is 13.9. The topological polar surface area (TPSA) is 216 Å². The van der Waals surface area contributed by atoms with E-state index in [0.717, 1.165) is 88.0 Å². The van der Waals surface area contributed by atoms with Crippen LogP contribution in [-0.4, -0.2) is 92.4 Å². The van der Waals surface area contributed by atoms with Crippen LogP contribution in [-0.2, 0) is 33.1 Å². The third-order valence-electron chi connectivity index (χ3n) is 17.4. The molecule has 0 spiro atoms. The van der Waals surface area contributed by atoms with E-state index in [2.05, 4.69) is 317 Å². The highest BCUT2D eigenvalue weighted by Gasteiger charge is 2.40. The van der Waals surface area contributed by atoms with E-state index in [1.165, 1.54) is 101 Å². The fourth-order valence-electron chi connectivity index (χ4n) is 12.2. The van der Waals surface area contributed by atoms with Crippen LogP contribution in [0.3, 0.4) is 0 Å². The summed E-state index contributed by atoms with van der Waals surface area (Å²) >= 11 is 0. The second-order valence-corrected chi connectivity index (χ2v) is 28.0. The lowest BCUT2D eigenvalue weighted by atomic mass is 9.83. The SMILES string of the molecule is C.C=Cc1ccc(C[NH+]=C2C=CC(=C(c3ccc(N(CC)CC)cc3)c3ccc(N(CC)CC)cc3)c3ccccc32)cc1.C=Cc1ccc(C[NH+]=C2C=CC(=C(c3ccc(N(CC)CC)cc3)c3ccc(N(CC)CC)cc3)c3ccccc32)cc1.CS(=O)(=O)[N-]S(=O)(=O)C(F)(F)F.[O-][Cl+3]([O-])([O-])[O-]. The van der Waals surface area contributed by atoms with Crippen molar-refractivity contribution in [3.05, 3.63) is 302 Å². The first-order valence-electron chi connectivity index (χ1n) is 34.1. The second-order valence-electron chi connectivity index (χ2n) is 23.7. The van der Waals surface area contributed by atoms with Gasteiger partial charge in [0.15, 0.2) is 23.1 Å². The molecule has 0 fully saturated rings. The van der Waals surface area contributed by atoms with Crippen molar-refractivity contribution in [2.75, 3.05) is 78.2 Å². The first-order chi connectivity index (χ1) is 49.1. The highest BCUT2D eigenvalue weighted by atomic mass is 35.7. The second kappa shape index (κ2) is 38.9. The summed E-state index contributed by atoms with van der Waals surface area (Å²) in [7, 11) is -15.4. The number of nitrogens with zero attached hydrogens (tertiary/aromatic N) is 5. The summed E-state index contributed by atoms with van der Waals surface area (Å²) in [6.45, 7) is 34.9. The number of alkyl halides is 3. The van der Waals surface area contributed by atoms with Crippen LogP contribution >= 0.6 is 0 Å². The predicted molar refractivity (Wildman–Crippen MR) is 414 cm³/mol. The maximum Gasteiger partial charge on any atom is 0.480 e. The smallest absolute Gasteiger partial charge is 0.429 e. The number of sulfonamides is 2. The van der Waals surface area contributed by atoms with E-state index in [1.807, 2.05) is 12.2 Å². The normalized spacial score (nSPS) is 13.1. The zero-order valence-corrected chi connectivity index (χ0v) is 62.1. The van der Waals surface area contributed by atoms with Gasteiger partial charge in [0.05, 0.1) is 21.2 Å². The summed E-state index contributed by atoms with van der Waals surface area (Å²) in [5.41, 5.74) is 21.2. The molecule has 2 N–H and O–H groups in total. The third-order valence-corrected chi connectivity index (χ3v) is 19.9. The molecule has 15 nitrogen and oxygen atoms in total. The molecule has 0 aromatic heterocycles. The summed E-state index contributed by atoms with van der Waals surface area (Å²) < 4.78 is 110. The van der Waals surface area contributed by atoms with Gasteiger partial charge in [-0.25, -0.2) is 45.5 Å². The van der Waals surface area contributed by atoms with E-state index in [-0.39, 0.29) is 13.7 Å². The average Bonchev–Trinajstić information content (AvgIpc) is 0.773. The first-order valence-corrected chi connectivity index (χ1v) is 38.6. The summed E-state index contributed by atoms with van der Waals surface area (Å²) in [6, 6.07) is 71.1. The van der Waals surface area contributed by atoms with Crippen molar-refractivity contribution in [1.82, 2.24) is 0 Å². The highest BCUT2D eigenvalue weighted by Crippen LogP contribution is 2.40. The summed E-state index contributed by atoms with van der Waals surface area (Å²) in [5.74, 6) is 0. The Balaban J connectivity index is 0.000000265. The minimum atomic E-state index is -5.92. The Morgan fingerprint density at radius 2 is 0.673 bits per heavy atom. The quantitative estimate of drug-likeness (QED) is 0.0578. The van der Waals surface area contributed by atoms with Gasteiger partial charge in [0.2, 0.25) is 11.4 Å². The molecule has 0 amide bonds. The van der Waals surface area contributed by atoms with Crippen molar-refractivity contribution in [3.63, 3.8) is 0 Å². The van der Waals surface area contributed by atoms with Gasteiger partial charge in [-0.15, -0.1) is 10.2 Å². The van der Waals surface area contributed by atoms with Crippen LogP contribution in [0.2, 0.25) is 0 Å². The molecule has 550 valence electrons. The molecule has 104 heavy (non-hydrogen) atoms. The van der Waals surface area contributed by atoms with E-state index in [0.29, 0.717) is 0 Å². The maximum atomic E-state index is 11.4. The van der Waals surface area contributed by atoms with Gasteiger partial charge < -0.3 is 23.7 Å². The summed E-state index contributed by atoms with van der Waals surface area (Å²) in [4.78, 5) is 17.0. The van der Waals surface area contributed by atoms with Gasteiger partial charge in [-0.05, 0) is 195 Å². The van der Waals surface area contributed by atoms with E-state index < -0.39 is 35.8 Å². The lowest BCUT2D eigenvalue weighted by Gasteiger charge is -2.24. The van der Waals surface area contributed by atoms with E-state index in [4.69, 9.17) is 18.6 Å². The monoisotopic (exact) mass is 1470 g/mol. The minimum absolute atomic E-state index is 0. The molecule has 0 bridgehead atoms. The Morgan fingerprint density at radius 3 is 0.885 bits per heavy atom. The van der Waals surface area contributed by atoms with Crippen LogP contribution in [0.25, 0.3) is 38.6 Å². The standard InChI is InChI=1S/2C40H43N3.C2H3F3NO4S2.CH4.ClHO4/c2*1-6-30-15-17-31(18-16-30)29-41-39-28-27-38(36-13-11-12-14-37(36)39)40(32-19-23-34(24-20-32)42(7-2)8-3)33-21-25-35(26-22-33)43(9-4)10-5;1-11(7,8)6-12(9,10)2(3,4)5;;2-1(3,4)5/h2*6,11-28H,1,7-10,29H2,2-5H3;1H3;1H4;(H,2,3,4,5)/q;;-1;;/p+1. The Labute approximate surface area is 616 Å². The Hall–Kier alpha value is -9.48. The van der Waals surface area contributed by atoms with Crippen molar-refractivity contribution >= 4 is 88.7 Å². The van der Waals surface area contributed by atoms with Gasteiger partial charge in [-0.2, -0.15) is 13.2 Å². The number of fused-ring (bicyclic) bond motifs is 2. The zero-order valence-electron chi connectivity index (χ0n) is 59.8. The van der Waals surface area contributed by atoms with Crippen LogP contribution in [0, 0.1) is 10.2 Å². The van der Waals surface area contributed by atoms with Gasteiger partial charge in [-0.3, -0.25) is 0 Å². The largest absolute Gasteiger partial charge is 0.480 e. The highest BCUT2D eigenvalue weighted by molar-refractivity contribution is 8.12. The number of hydrogen-bond acceptors (Lipinski definition) is 12.